The van der Waals surface area contributed by atoms with Gasteiger partial charge in [-0.1, -0.05) is 0 Å². The Morgan fingerprint density at radius 3 is 3.00 bits per heavy atom. The van der Waals surface area contributed by atoms with Crippen molar-refractivity contribution in [3.63, 3.8) is 0 Å². The Labute approximate surface area is 95.8 Å². The van der Waals surface area contributed by atoms with Crippen LogP contribution in [0.25, 0.3) is 0 Å². The fraction of sp³-hybridized carbons (Fsp3) is 0.818. The van der Waals surface area contributed by atoms with Gasteiger partial charge in [-0.2, -0.15) is 0 Å². The van der Waals surface area contributed by atoms with E-state index in [0.29, 0.717) is 6.04 Å². The highest BCUT2D eigenvalue weighted by Crippen LogP contribution is 2.22. The molecule has 1 aromatic rings. The van der Waals surface area contributed by atoms with Gasteiger partial charge in [0.15, 0.2) is 0 Å². The van der Waals surface area contributed by atoms with Crippen LogP contribution in [0.5, 0.6) is 0 Å². The van der Waals surface area contributed by atoms with Gasteiger partial charge in [-0.25, -0.2) is 0 Å². The summed E-state index contributed by atoms with van der Waals surface area (Å²) in [6, 6.07) is 0.435. The van der Waals surface area contributed by atoms with Crippen molar-refractivity contribution in [2.45, 2.75) is 31.8 Å². The minimum atomic E-state index is 0.435. The van der Waals surface area contributed by atoms with Crippen LogP contribution < -0.4 is 5.32 Å². The van der Waals surface area contributed by atoms with Gasteiger partial charge in [-0.15, -0.1) is 10.2 Å². The van der Waals surface area contributed by atoms with Crippen molar-refractivity contribution in [3.8, 4) is 0 Å². The van der Waals surface area contributed by atoms with E-state index in [4.69, 9.17) is 0 Å². The molecule has 1 N–H and O–H groups in total. The molecule has 0 aliphatic carbocycles. The maximum Gasteiger partial charge on any atom is 0.150 e. The predicted molar refractivity (Wildman–Crippen MR) is 61.2 cm³/mol. The molecule has 0 saturated carbocycles. The summed E-state index contributed by atoms with van der Waals surface area (Å²) in [5.41, 5.74) is 0. The molecule has 0 amide bonds. The third-order valence-electron chi connectivity index (χ3n) is 3.65. The fourth-order valence-corrected chi connectivity index (χ4v) is 2.61. The standard InChI is InChI=1S/C11H19N5/c1-15-6-4-10-13-14-11(16(10)8-7-15)9-3-2-5-12-9/h9,12H,2-8H2,1H3/t9-/m0/s1. The SMILES string of the molecule is CN1CCc2nnc([C@@H]3CCCN3)n2CC1. The van der Waals surface area contributed by atoms with Crippen LogP contribution in [-0.4, -0.2) is 46.3 Å². The average molecular weight is 221 g/mol. The predicted octanol–water partition coefficient (Wildman–Crippen LogP) is 0.190. The third kappa shape index (κ3) is 1.74. The topological polar surface area (TPSA) is 46.0 Å². The second kappa shape index (κ2) is 4.14. The van der Waals surface area contributed by atoms with E-state index in [1.807, 2.05) is 0 Å². The Balaban J connectivity index is 1.87. The summed E-state index contributed by atoms with van der Waals surface area (Å²) in [4.78, 5) is 2.36. The molecule has 2 aliphatic rings. The highest BCUT2D eigenvalue weighted by molar-refractivity contribution is 5.04. The highest BCUT2D eigenvalue weighted by atomic mass is 15.3. The molecule has 3 heterocycles. The first-order valence-corrected chi connectivity index (χ1v) is 6.18. The maximum absolute atomic E-state index is 4.38. The Hall–Kier alpha value is -0.940. The minimum absolute atomic E-state index is 0.435. The summed E-state index contributed by atoms with van der Waals surface area (Å²) < 4.78 is 2.33. The van der Waals surface area contributed by atoms with Crippen LogP contribution in [0.15, 0.2) is 0 Å². The number of hydrogen-bond donors (Lipinski definition) is 1. The van der Waals surface area contributed by atoms with Crippen molar-refractivity contribution in [1.29, 1.82) is 0 Å². The van der Waals surface area contributed by atoms with Crippen molar-refractivity contribution in [1.82, 2.24) is 25.0 Å². The zero-order valence-electron chi connectivity index (χ0n) is 9.82. The van der Waals surface area contributed by atoms with E-state index in [9.17, 15) is 0 Å². The molecule has 88 valence electrons. The molecule has 0 radical (unpaired) electrons. The van der Waals surface area contributed by atoms with Crippen LogP contribution in [0.1, 0.15) is 30.5 Å². The first-order chi connectivity index (χ1) is 7.84. The van der Waals surface area contributed by atoms with Gasteiger partial charge < -0.3 is 14.8 Å². The number of likely N-dealkylation sites (N-methyl/N-ethyl adjacent to an activating group) is 1. The van der Waals surface area contributed by atoms with Crippen molar-refractivity contribution < 1.29 is 0 Å². The first-order valence-electron chi connectivity index (χ1n) is 6.18. The Bertz CT molecular complexity index is 366. The van der Waals surface area contributed by atoms with E-state index in [1.54, 1.807) is 0 Å². The second-order valence-electron chi connectivity index (χ2n) is 4.83. The normalized spacial score (nSPS) is 26.7. The molecule has 5 nitrogen and oxygen atoms in total. The fourth-order valence-electron chi connectivity index (χ4n) is 2.61. The van der Waals surface area contributed by atoms with Crippen LogP contribution >= 0.6 is 0 Å². The molecule has 5 heteroatoms. The largest absolute Gasteiger partial charge is 0.312 e. The van der Waals surface area contributed by atoms with Gasteiger partial charge in [0.1, 0.15) is 11.6 Å². The van der Waals surface area contributed by atoms with Crippen molar-refractivity contribution in [3.05, 3.63) is 11.6 Å². The van der Waals surface area contributed by atoms with Crippen LogP contribution in [-0.2, 0) is 13.0 Å². The Morgan fingerprint density at radius 2 is 2.19 bits per heavy atom. The smallest absolute Gasteiger partial charge is 0.150 e. The average Bonchev–Trinajstić information content (AvgIpc) is 2.89. The van der Waals surface area contributed by atoms with E-state index >= 15 is 0 Å². The molecule has 0 spiro atoms. The van der Waals surface area contributed by atoms with Crippen molar-refractivity contribution >= 4 is 0 Å². The summed E-state index contributed by atoms with van der Waals surface area (Å²) in [6.45, 7) is 4.35. The molecular weight excluding hydrogens is 202 g/mol. The van der Waals surface area contributed by atoms with Crippen molar-refractivity contribution in [2.24, 2.45) is 0 Å². The lowest BCUT2D eigenvalue weighted by Crippen LogP contribution is -2.23. The molecule has 3 rings (SSSR count). The minimum Gasteiger partial charge on any atom is -0.312 e. The number of nitrogens with one attached hydrogen (secondary N) is 1. The van der Waals surface area contributed by atoms with Gasteiger partial charge in [0.05, 0.1) is 6.04 Å². The van der Waals surface area contributed by atoms with E-state index in [0.717, 1.165) is 44.2 Å². The lowest BCUT2D eigenvalue weighted by molar-refractivity contribution is 0.338. The summed E-state index contributed by atoms with van der Waals surface area (Å²) in [6.07, 6.45) is 3.48. The van der Waals surface area contributed by atoms with Crippen LogP contribution in [0.3, 0.4) is 0 Å². The molecule has 1 atom stereocenters. The summed E-state index contributed by atoms with van der Waals surface area (Å²) in [7, 11) is 2.17. The van der Waals surface area contributed by atoms with Gasteiger partial charge in [0.25, 0.3) is 0 Å². The zero-order valence-corrected chi connectivity index (χ0v) is 9.82. The van der Waals surface area contributed by atoms with Crippen LogP contribution in [0.2, 0.25) is 0 Å². The number of hydrogen-bond acceptors (Lipinski definition) is 4. The third-order valence-corrected chi connectivity index (χ3v) is 3.65. The monoisotopic (exact) mass is 221 g/mol. The quantitative estimate of drug-likeness (QED) is 0.735. The van der Waals surface area contributed by atoms with Crippen LogP contribution in [0.4, 0.5) is 0 Å². The van der Waals surface area contributed by atoms with Gasteiger partial charge in [0.2, 0.25) is 0 Å². The molecule has 0 unspecified atom stereocenters. The van der Waals surface area contributed by atoms with Gasteiger partial charge in [0, 0.05) is 26.1 Å². The van der Waals surface area contributed by atoms with Gasteiger partial charge >= 0.3 is 0 Å². The molecule has 0 aromatic carbocycles. The van der Waals surface area contributed by atoms with Gasteiger partial charge in [-0.05, 0) is 26.4 Å². The maximum atomic E-state index is 4.38. The summed E-state index contributed by atoms with van der Waals surface area (Å²) in [5, 5.41) is 12.2. The van der Waals surface area contributed by atoms with E-state index in [-0.39, 0.29) is 0 Å². The number of rotatable bonds is 1. The molecule has 1 saturated heterocycles. The summed E-state index contributed by atoms with van der Waals surface area (Å²) >= 11 is 0. The van der Waals surface area contributed by atoms with E-state index in [1.165, 1.54) is 12.8 Å². The van der Waals surface area contributed by atoms with E-state index < -0.39 is 0 Å². The Morgan fingerprint density at radius 1 is 1.25 bits per heavy atom. The Kier molecular flexibility index (Phi) is 2.65. The van der Waals surface area contributed by atoms with Crippen LogP contribution in [0, 0.1) is 0 Å². The lowest BCUT2D eigenvalue weighted by atomic mass is 10.2. The highest BCUT2D eigenvalue weighted by Gasteiger charge is 2.25. The molecule has 2 aliphatic heterocycles. The van der Waals surface area contributed by atoms with E-state index in [2.05, 4.69) is 32.0 Å². The summed E-state index contributed by atoms with van der Waals surface area (Å²) in [5.74, 6) is 2.32. The number of nitrogens with zero attached hydrogens (tertiary/aromatic N) is 4. The molecule has 16 heavy (non-hydrogen) atoms. The molecule has 1 aromatic heterocycles. The van der Waals surface area contributed by atoms with Crippen molar-refractivity contribution in [2.75, 3.05) is 26.7 Å². The first kappa shape index (κ1) is 10.2. The number of aromatic nitrogens is 3. The van der Waals surface area contributed by atoms with Gasteiger partial charge in [-0.3, -0.25) is 0 Å². The lowest BCUT2D eigenvalue weighted by Gasteiger charge is -2.14. The molecule has 1 fully saturated rings. The number of fused-ring (bicyclic) bond motifs is 1. The second-order valence-corrected chi connectivity index (χ2v) is 4.83. The zero-order chi connectivity index (χ0) is 11.0. The molecular formula is C11H19N5. The molecule has 0 bridgehead atoms.